The number of ether oxygens (including phenoxy) is 1. The van der Waals surface area contributed by atoms with Crippen molar-refractivity contribution < 1.29 is 4.74 Å². The van der Waals surface area contributed by atoms with Crippen molar-refractivity contribution >= 4 is 11.5 Å². The van der Waals surface area contributed by atoms with Crippen LogP contribution in [-0.4, -0.2) is 33.0 Å². The Bertz CT molecular complexity index is 897. The van der Waals surface area contributed by atoms with Crippen molar-refractivity contribution in [2.45, 2.75) is 43.6 Å². The van der Waals surface area contributed by atoms with Crippen molar-refractivity contribution in [1.82, 2.24) is 19.8 Å². The van der Waals surface area contributed by atoms with Gasteiger partial charge in [-0.25, -0.2) is 0 Å². The van der Waals surface area contributed by atoms with E-state index in [0.29, 0.717) is 0 Å². The summed E-state index contributed by atoms with van der Waals surface area (Å²) in [6.45, 7) is 1.68. The highest BCUT2D eigenvalue weighted by atomic mass is 16.5. The van der Waals surface area contributed by atoms with Crippen LogP contribution in [-0.2, 0) is 10.2 Å². The highest BCUT2D eigenvalue weighted by molar-refractivity contribution is 5.45. The minimum atomic E-state index is 0.00930. The first-order chi connectivity index (χ1) is 12.8. The van der Waals surface area contributed by atoms with Gasteiger partial charge in [0.1, 0.15) is 11.9 Å². The molecule has 0 amide bonds. The second kappa shape index (κ2) is 6.36. The molecule has 2 fully saturated rings. The molecule has 6 heteroatoms. The third-order valence-corrected chi connectivity index (χ3v) is 5.81. The summed E-state index contributed by atoms with van der Waals surface area (Å²) in [5.74, 6) is 1.67. The molecule has 3 aromatic rings. The highest BCUT2D eigenvalue weighted by Crippen LogP contribution is 2.43. The minimum Gasteiger partial charge on any atom is -0.370 e. The number of benzene rings is 1. The first-order valence-corrected chi connectivity index (χ1v) is 9.47. The number of nitrogens with one attached hydrogen (secondary N) is 1. The predicted molar refractivity (Wildman–Crippen MR) is 99.2 cm³/mol. The van der Waals surface area contributed by atoms with Gasteiger partial charge in [0.25, 0.3) is 0 Å². The molecule has 1 N–H and O–H groups in total. The molecule has 0 radical (unpaired) electrons. The Morgan fingerprint density at radius 3 is 2.69 bits per heavy atom. The molecule has 2 aromatic heterocycles. The zero-order valence-electron chi connectivity index (χ0n) is 14.8. The lowest BCUT2D eigenvalue weighted by Gasteiger charge is -2.42. The molecule has 0 spiro atoms. The van der Waals surface area contributed by atoms with Gasteiger partial charge in [-0.3, -0.25) is 0 Å². The van der Waals surface area contributed by atoms with Crippen molar-refractivity contribution in [2.75, 3.05) is 18.5 Å². The molecule has 3 heterocycles. The maximum absolute atomic E-state index is 5.76. The third-order valence-electron chi connectivity index (χ3n) is 5.81. The molecule has 2 aliphatic rings. The molecule has 1 aliphatic heterocycles. The van der Waals surface area contributed by atoms with Gasteiger partial charge in [-0.1, -0.05) is 36.8 Å². The molecule has 0 unspecified atom stereocenters. The molecule has 5 rings (SSSR count). The van der Waals surface area contributed by atoms with Crippen LogP contribution in [0.4, 0.5) is 5.82 Å². The molecule has 134 valence electrons. The van der Waals surface area contributed by atoms with Gasteiger partial charge in [0, 0.05) is 18.6 Å². The lowest BCUT2D eigenvalue weighted by molar-refractivity contribution is 0.103. The first kappa shape index (κ1) is 15.8. The van der Waals surface area contributed by atoms with Crippen molar-refractivity contribution in [2.24, 2.45) is 0 Å². The second-order valence-corrected chi connectivity index (χ2v) is 7.40. The summed E-state index contributed by atoms with van der Waals surface area (Å²) < 4.78 is 7.59. The van der Waals surface area contributed by atoms with Gasteiger partial charge < -0.3 is 10.1 Å². The van der Waals surface area contributed by atoms with Gasteiger partial charge in [0.2, 0.25) is 0 Å². The quantitative estimate of drug-likeness (QED) is 0.764. The van der Waals surface area contributed by atoms with E-state index in [4.69, 9.17) is 9.84 Å². The summed E-state index contributed by atoms with van der Waals surface area (Å²) >= 11 is 0. The second-order valence-electron chi connectivity index (χ2n) is 7.40. The predicted octanol–water partition coefficient (Wildman–Crippen LogP) is 3.51. The smallest absolute Gasteiger partial charge is 0.183 e. The van der Waals surface area contributed by atoms with E-state index in [1.165, 1.54) is 24.8 Å². The summed E-state index contributed by atoms with van der Waals surface area (Å²) in [5, 5.41) is 16.8. The Labute approximate surface area is 152 Å². The number of fused-ring (bicyclic) bond motifs is 1. The van der Waals surface area contributed by atoms with Gasteiger partial charge in [-0.05, 0) is 43.4 Å². The Balaban J connectivity index is 1.38. The molecular formula is C20H23N5O. The van der Waals surface area contributed by atoms with Crippen molar-refractivity contribution in [3.05, 3.63) is 53.9 Å². The van der Waals surface area contributed by atoms with Crippen LogP contribution in [0.5, 0.6) is 0 Å². The van der Waals surface area contributed by atoms with E-state index in [2.05, 4.69) is 45.8 Å². The third kappa shape index (κ3) is 2.65. The topological polar surface area (TPSA) is 64.3 Å². The van der Waals surface area contributed by atoms with Gasteiger partial charge in [0.15, 0.2) is 11.5 Å². The van der Waals surface area contributed by atoms with Crippen LogP contribution in [0.2, 0.25) is 0 Å². The Hall–Kier alpha value is -2.47. The van der Waals surface area contributed by atoms with E-state index in [9.17, 15) is 0 Å². The maximum atomic E-state index is 5.76. The average Bonchev–Trinajstić information content (AvgIpc) is 3.31. The number of hydrogen-bond acceptors (Lipinski definition) is 5. The van der Waals surface area contributed by atoms with Gasteiger partial charge >= 0.3 is 0 Å². The highest BCUT2D eigenvalue weighted by Gasteiger charge is 2.38. The Morgan fingerprint density at radius 2 is 1.96 bits per heavy atom. The lowest BCUT2D eigenvalue weighted by atomic mass is 9.64. The zero-order chi connectivity index (χ0) is 17.4. The van der Waals surface area contributed by atoms with Crippen LogP contribution in [0.1, 0.15) is 49.6 Å². The Morgan fingerprint density at radius 1 is 1.08 bits per heavy atom. The van der Waals surface area contributed by atoms with E-state index < -0.39 is 0 Å². The van der Waals surface area contributed by atoms with Crippen LogP contribution in [0.25, 0.3) is 5.65 Å². The molecule has 1 atom stereocenters. The SMILES string of the molecule is c1ccc(C2(CNc3ccc4nnc([C@@H]5CCCO5)n4n3)CCC2)cc1. The van der Waals surface area contributed by atoms with E-state index in [0.717, 1.165) is 43.3 Å². The van der Waals surface area contributed by atoms with Crippen molar-refractivity contribution in [1.29, 1.82) is 0 Å². The Kier molecular flexibility index (Phi) is 3.85. The number of nitrogens with zero attached hydrogens (tertiary/aromatic N) is 4. The van der Waals surface area contributed by atoms with Crippen LogP contribution in [0, 0.1) is 0 Å². The summed E-state index contributed by atoms with van der Waals surface area (Å²) in [6, 6.07) is 14.8. The van der Waals surface area contributed by atoms with Crippen LogP contribution < -0.4 is 5.32 Å². The summed E-state index contributed by atoms with van der Waals surface area (Å²) in [7, 11) is 0. The van der Waals surface area contributed by atoms with E-state index in [1.54, 1.807) is 0 Å². The summed E-state index contributed by atoms with van der Waals surface area (Å²) in [4.78, 5) is 0. The lowest BCUT2D eigenvalue weighted by Crippen LogP contribution is -2.41. The van der Waals surface area contributed by atoms with Gasteiger partial charge in [0.05, 0.1) is 0 Å². The fraction of sp³-hybridized carbons (Fsp3) is 0.450. The first-order valence-electron chi connectivity index (χ1n) is 9.47. The average molecular weight is 349 g/mol. The molecule has 1 saturated heterocycles. The minimum absolute atomic E-state index is 0.00930. The van der Waals surface area contributed by atoms with E-state index >= 15 is 0 Å². The van der Waals surface area contributed by atoms with Crippen LogP contribution in [0.3, 0.4) is 0 Å². The number of rotatable bonds is 5. The number of aromatic nitrogens is 4. The van der Waals surface area contributed by atoms with Gasteiger partial charge in [-0.15, -0.1) is 15.3 Å². The molecule has 26 heavy (non-hydrogen) atoms. The molecule has 1 saturated carbocycles. The van der Waals surface area contributed by atoms with Crippen molar-refractivity contribution in [3.63, 3.8) is 0 Å². The zero-order valence-corrected chi connectivity index (χ0v) is 14.8. The standard InChI is InChI=1S/C20H23N5O/c1-2-6-15(7-3-1)20(11-5-12-20)14-21-17-9-10-18-22-23-19(25(18)24-17)16-8-4-13-26-16/h1-3,6-7,9-10,16H,4-5,8,11-14H2,(H,21,24)/t16-/m0/s1. The largest absolute Gasteiger partial charge is 0.370 e. The van der Waals surface area contributed by atoms with E-state index in [1.807, 2.05) is 16.6 Å². The fourth-order valence-electron chi connectivity index (χ4n) is 4.10. The number of hydrogen-bond donors (Lipinski definition) is 1. The fourth-order valence-corrected chi connectivity index (χ4v) is 4.10. The molecule has 1 aromatic carbocycles. The molecular weight excluding hydrogens is 326 g/mol. The molecule has 1 aliphatic carbocycles. The maximum Gasteiger partial charge on any atom is 0.183 e. The normalized spacial score (nSPS) is 21.6. The summed E-state index contributed by atoms with van der Waals surface area (Å²) in [5.41, 5.74) is 2.41. The van der Waals surface area contributed by atoms with Crippen molar-refractivity contribution in [3.8, 4) is 0 Å². The van der Waals surface area contributed by atoms with E-state index in [-0.39, 0.29) is 11.5 Å². The molecule has 6 nitrogen and oxygen atoms in total. The molecule has 0 bridgehead atoms. The monoisotopic (exact) mass is 349 g/mol. The van der Waals surface area contributed by atoms with Gasteiger partial charge in [-0.2, -0.15) is 4.52 Å². The van der Waals surface area contributed by atoms with Crippen LogP contribution >= 0.6 is 0 Å². The summed E-state index contributed by atoms with van der Waals surface area (Å²) in [6.07, 6.45) is 5.79. The number of anilines is 1. The van der Waals surface area contributed by atoms with Crippen LogP contribution in [0.15, 0.2) is 42.5 Å².